The summed E-state index contributed by atoms with van der Waals surface area (Å²) in [4.78, 5) is 31.0. The summed E-state index contributed by atoms with van der Waals surface area (Å²) in [5, 5.41) is 3.83. The van der Waals surface area contributed by atoms with Crippen LogP contribution >= 0.6 is 0 Å². The van der Waals surface area contributed by atoms with Crippen molar-refractivity contribution < 1.29 is 28.5 Å². The molecule has 0 aliphatic heterocycles. The lowest BCUT2D eigenvalue weighted by atomic mass is 10.1. The van der Waals surface area contributed by atoms with Gasteiger partial charge in [-0.15, -0.1) is 0 Å². The Hall–Kier alpha value is -3.56. The number of nitrogens with zero attached hydrogens (tertiary/aromatic N) is 2. The summed E-state index contributed by atoms with van der Waals surface area (Å²) in [6.45, 7) is 1.53. The number of hydrogen-bond donors (Lipinski definition) is 1. The minimum Gasteiger partial charge on any atom is -0.487 e. The standard InChI is InChI=1S/C22H23N3O6/c1-28-3-5-30-20-10-18-19(11-21(20)31-6-4-29-2)23-14-24-22(18)25-17-8-15(12-26)7-16(9-17)13-27/h7-14H,3-6H2,1-2H3,(H,23,24,25). The van der Waals surface area contributed by atoms with Crippen LogP contribution in [-0.2, 0) is 9.47 Å². The second-order valence-electron chi connectivity index (χ2n) is 6.47. The summed E-state index contributed by atoms with van der Waals surface area (Å²) in [7, 11) is 3.19. The van der Waals surface area contributed by atoms with Gasteiger partial charge in [0.1, 0.15) is 37.9 Å². The molecular weight excluding hydrogens is 402 g/mol. The Labute approximate surface area is 179 Å². The molecule has 0 radical (unpaired) electrons. The molecule has 0 aliphatic rings. The van der Waals surface area contributed by atoms with Crippen LogP contribution in [0.2, 0.25) is 0 Å². The Kier molecular flexibility index (Phi) is 7.85. The number of carbonyl (C=O) groups excluding carboxylic acids is 2. The van der Waals surface area contributed by atoms with E-state index < -0.39 is 0 Å². The first kappa shape index (κ1) is 22.1. The molecule has 2 aromatic carbocycles. The number of methoxy groups -OCH3 is 2. The molecule has 0 atom stereocenters. The third-order valence-electron chi connectivity index (χ3n) is 4.30. The Morgan fingerprint density at radius 1 is 0.806 bits per heavy atom. The highest BCUT2D eigenvalue weighted by atomic mass is 16.5. The van der Waals surface area contributed by atoms with Crippen molar-refractivity contribution in [2.45, 2.75) is 0 Å². The van der Waals surface area contributed by atoms with Gasteiger partial charge < -0.3 is 24.3 Å². The number of ether oxygens (including phenoxy) is 4. The monoisotopic (exact) mass is 425 g/mol. The second kappa shape index (κ2) is 11.0. The average molecular weight is 425 g/mol. The highest BCUT2D eigenvalue weighted by molar-refractivity contribution is 5.94. The van der Waals surface area contributed by atoms with Crippen molar-refractivity contribution in [1.29, 1.82) is 0 Å². The first-order chi connectivity index (χ1) is 15.2. The lowest BCUT2D eigenvalue weighted by Gasteiger charge is -2.15. The van der Waals surface area contributed by atoms with Gasteiger partial charge in [0.05, 0.1) is 18.7 Å². The van der Waals surface area contributed by atoms with Crippen LogP contribution in [-0.4, -0.2) is 63.2 Å². The Morgan fingerprint density at radius 2 is 1.42 bits per heavy atom. The lowest BCUT2D eigenvalue weighted by Crippen LogP contribution is -2.09. The number of benzene rings is 2. The fourth-order valence-electron chi connectivity index (χ4n) is 2.88. The molecule has 0 saturated carbocycles. The topological polar surface area (TPSA) is 109 Å². The van der Waals surface area contributed by atoms with Gasteiger partial charge in [-0.05, 0) is 24.3 Å². The fourth-order valence-corrected chi connectivity index (χ4v) is 2.88. The maximum Gasteiger partial charge on any atom is 0.163 e. The van der Waals surface area contributed by atoms with Gasteiger partial charge in [-0.3, -0.25) is 9.59 Å². The molecule has 0 unspecified atom stereocenters. The van der Waals surface area contributed by atoms with Gasteiger partial charge in [0.25, 0.3) is 0 Å². The first-order valence-corrected chi connectivity index (χ1v) is 9.53. The summed E-state index contributed by atoms with van der Waals surface area (Å²) < 4.78 is 21.7. The van der Waals surface area contributed by atoms with Crippen molar-refractivity contribution in [2.75, 3.05) is 46.0 Å². The highest BCUT2D eigenvalue weighted by Gasteiger charge is 2.13. The van der Waals surface area contributed by atoms with Crippen LogP contribution in [0.15, 0.2) is 36.7 Å². The normalized spacial score (nSPS) is 10.6. The molecule has 1 N–H and O–H groups in total. The van der Waals surface area contributed by atoms with Crippen molar-refractivity contribution >= 4 is 35.0 Å². The van der Waals surface area contributed by atoms with E-state index in [0.29, 0.717) is 84.0 Å². The largest absolute Gasteiger partial charge is 0.487 e. The van der Waals surface area contributed by atoms with Gasteiger partial charge in [0.15, 0.2) is 11.5 Å². The molecular formula is C22H23N3O6. The molecule has 9 nitrogen and oxygen atoms in total. The predicted octanol–water partition coefficient (Wildman–Crippen LogP) is 3.05. The number of carbonyl (C=O) groups is 2. The SMILES string of the molecule is COCCOc1cc2ncnc(Nc3cc(C=O)cc(C=O)c3)c2cc1OCCOC. The fraction of sp³-hybridized carbons (Fsp3) is 0.273. The quantitative estimate of drug-likeness (QED) is 0.346. The van der Waals surface area contributed by atoms with E-state index in [4.69, 9.17) is 18.9 Å². The van der Waals surface area contributed by atoms with Crippen LogP contribution in [0.4, 0.5) is 11.5 Å². The van der Waals surface area contributed by atoms with E-state index in [-0.39, 0.29) is 0 Å². The summed E-state index contributed by atoms with van der Waals surface area (Å²) in [5.74, 6) is 1.52. The Balaban J connectivity index is 1.99. The first-order valence-electron chi connectivity index (χ1n) is 9.53. The summed E-state index contributed by atoms with van der Waals surface area (Å²) in [5.41, 5.74) is 1.94. The third-order valence-corrected chi connectivity index (χ3v) is 4.30. The number of fused-ring (bicyclic) bond motifs is 1. The average Bonchev–Trinajstić information content (AvgIpc) is 2.79. The number of hydrogen-bond acceptors (Lipinski definition) is 9. The Morgan fingerprint density at radius 3 is 2.00 bits per heavy atom. The van der Waals surface area contributed by atoms with E-state index in [0.717, 1.165) is 0 Å². The molecule has 9 heteroatoms. The molecule has 0 bridgehead atoms. The number of anilines is 2. The number of rotatable bonds is 12. The van der Waals surface area contributed by atoms with Gasteiger partial charge in [0, 0.05) is 42.5 Å². The summed E-state index contributed by atoms with van der Waals surface area (Å²) >= 11 is 0. The van der Waals surface area contributed by atoms with E-state index >= 15 is 0 Å². The van der Waals surface area contributed by atoms with Crippen LogP contribution in [0.5, 0.6) is 11.5 Å². The molecule has 1 aromatic heterocycles. The summed E-state index contributed by atoms with van der Waals surface area (Å²) in [6.07, 6.45) is 2.78. The molecule has 0 saturated heterocycles. The van der Waals surface area contributed by atoms with E-state index in [1.54, 1.807) is 38.5 Å². The van der Waals surface area contributed by atoms with Crippen molar-refractivity contribution in [3.8, 4) is 11.5 Å². The third kappa shape index (κ3) is 5.74. The minimum absolute atomic E-state index is 0.336. The van der Waals surface area contributed by atoms with Gasteiger partial charge in [-0.25, -0.2) is 9.97 Å². The number of aromatic nitrogens is 2. The summed E-state index contributed by atoms with van der Waals surface area (Å²) in [6, 6.07) is 8.31. The van der Waals surface area contributed by atoms with Gasteiger partial charge >= 0.3 is 0 Å². The van der Waals surface area contributed by atoms with E-state index in [1.807, 2.05) is 0 Å². The molecule has 0 spiro atoms. The van der Waals surface area contributed by atoms with Crippen LogP contribution in [0, 0.1) is 0 Å². The predicted molar refractivity (Wildman–Crippen MR) is 115 cm³/mol. The van der Waals surface area contributed by atoms with Crippen LogP contribution in [0.25, 0.3) is 10.9 Å². The van der Waals surface area contributed by atoms with E-state index in [2.05, 4.69) is 15.3 Å². The van der Waals surface area contributed by atoms with Crippen molar-refractivity contribution in [3.05, 3.63) is 47.8 Å². The molecule has 31 heavy (non-hydrogen) atoms. The van der Waals surface area contributed by atoms with Crippen LogP contribution in [0.1, 0.15) is 20.7 Å². The molecule has 1 heterocycles. The van der Waals surface area contributed by atoms with E-state index in [9.17, 15) is 9.59 Å². The molecule has 0 amide bonds. The van der Waals surface area contributed by atoms with Crippen molar-refractivity contribution in [2.24, 2.45) is 0 Å². The zero-order valence-electron chi connectivity index (χ0n) is 17.3. The van der Waals surface area contributed by atoms with Crippen molar-refractivity contribution in [3.63, 3.8) is 0 Å². The zero-order chi connectivity index (χ0) is 22.1. The zero-order valence-corrected chi connectivity index (χ0v) is 17.3. The minimum atomic E-state index is 0.336. The van der Waals surface area contributed by atoms with E-state index in [1.165, 1.54) is 12.4 Å². The number of nitrogens with one attached hydrogen (secondary N) is 1. The van der Waals surface area contributed by atoms with Gasteiger partial charge in [0.2, 0.25) is 0 Å². The van der Waals surface area contributed by atoms with Crippen LogP contribution < -0.4 is 14.8 Å². The molecule has 162 valence electrons. The second-order valence-corrected chi connectivity index (χ2v) is 6.47. The van der Waals surface area contributed by atoms with Gasteiger partial charge in [-0.1, -0.05) is 0 Å². The highest BCUT2D eigenvalue weighted by Crippen LogP contribution is 2.35. The molecule has 3 aromatic rings. The Bertz CT molecular complexity index is 1030. The maximum absolute atomic E-state index is 11.2. The maximum atomic E-state index is 11.2. The van der Waals surface area contributed by atoms with Crippen LogP contribution in [0.3, 0.4) is 0 Å². The molecule has 3 rings (SSSR count). The van der Waals surface area contributed by atoms with Crippen molar-refractivity contribution in [1.82, 2.24) is 9.97 Å². The number of aldehydes is 2. The lowest BCUT2D eigenvalue weighted by molar-refractivity contribution is 0.112. The van der Waals surface area contributed by atoms with Gasteiger partial charge in [-0.2, -0.15) is 0 Å². The molecule has 0 aliphatic carbocycles. The smallest absolute Gasteiger partial charge is 0.163 e. The molecule has 0 fully saturated rings.